The van der Waals surface area contributed by atoms with Crippen molar-refractivity contribution >= 4 is 34.6 Å². The summed E-state index contributed by atoms with van der Waals surface area (Å²) in [7, 11) is 0. The van der Waals surface area contributed by atoms with E-state index in [4.69, 9.17) is 23.8 Å². The van der Waals surface area contributed by atoms with Gasteiger partial charge < -0.3 is 15.3 Å². The molecule has 1 aromatic carbocycles. The molecule has 0 radical (unpaired) electrons. The molecule has 0 saturated carbocycles. The molecule has 18 heavy (non-hydrogen) atoms. The minimum Gasteiger partial charge on any atom is -0.396 e. The Morgan fingerprint density at radius 1 is 1.56 bits per heavy atom. The fraction of sp³-hybridized carbons (Fsp3) is 0.462. The van der Waals surface area contributed by atoms with Gasteiger partial charge in [0.1, 0.15) is 0 Å². The summed E-state index contributed by atoms with van der Waals surface area (Å²) in [6.45, 7) is 2.00. The number of aliphatic hydroxyl groups excluding tert-OH is 1. The second-order valence-corrected chi connectivity index (χ2v) is 5.40. The number of piperidine rings is 1. The topological polar surface area (TPSA) is 35.5 Å². The largest absolute Gasteiger partial charge is 0.396 e. The van der Waals surface area contributed by atoms with E-state index in [-0.39, 0.29) is 6.61 Å². The van der Waals surface area contributed by atoms with Gasteiger partial charge in [0.15, 0.2) is 5.11 Å². The van der Waals surface area contributed by atoms with Crippen molar-refractivity contribution in [1.29, 1.82) is 0 Å². The number of halogens is 1. The number of hydrogen-bond acceptors (Lipinski definition) is 2. The molecule has 0 amide bonds. The predicted octanol–water partition coefficient (Wildman–Crippen LogP) is 2.74. The monoisotopic (exact) mass is 284 g/mol. The van der Waals surface area contributed by atoms with E-state index in [1.807, 2.05) is 24.3 Å². The average molecular weight is 285 g/mol. The van der Waals surface area contributed by atoms with E-state index in [9.17, 15) is 5.11 Å². The van der Waals surface area contributed by atoms with E-state index < -0.39 is 0 Å². The SMILES string of the molecule is OC[C@H]1CCCN(C(=S)Nc2cccc(Cl)c2)C1. The maximum atomic E-state index is 9.21. The minimum absolute atomic E-state index is 0.232. The minimum atomic E-state index is 0.232. The van der Waals surface area contributed by atoms with Gasteiger partial charge in [0, 0.05) is 30.4 Å². The van der Waals surface area contributed by atoms with Crippen molar-refractivity contribution in [3.63, 3.8) is 0 Å². The summed E-state index contributed by atoms with van der Waals surface area (Å²) in [5, 5.41) is 13.8. The van der Waals surface area contributed by atoms with Gasteiger partial charge in [0.25, 0.3) is 0 Å². The first-order chi connectivity index (χ1) is 8.69. The van der Waals surface area contributed by atoms with Crippen molar-refractivity contribution in [2.24, 2.45) is 5.92 Å². The third kappa shape index (κ3) is 3.57. The Balaban J connectivity index is 1.95. The molecule has 1 aliphatic rings. The third-order valence-corrected chi connectivity index (χ3v) is 3.74. The molecule has 2 rings (SSSR count). The second-order valence-electron chi connectivity index (χ2n) is 4.58. The molecule has 1 fully saturated rings. The molecular weight excluding hydrogens is 268 g/mol. The highest BCUT2D eigenvalue weighted by Crippen LogP contribution is 2.19. The maximum absolute atomic E-state index is 9.21. The first-order valence-electron chi connectivity index (χ1n) is 6.11. The molecule has 0 unspecified atom stereocenters. The van der Waals surface area contributed by atoms with Crippen molar-refractivity contribution in [2.45, 2.75) is 12.8 Å². The maximum Gasteiger partial charge on any atom is 0.173 e. The number of anilines is 1. The summed E-state index contributed by atoms with van der Waals surface area (Å²) in [6.07, 6.45) is 2.15. The van der Waals surface area contributed by atoms with Gasteiger partial charge in [-0.25, -0.2) is 0 Å². The van der Waals surface area contributed by atoms with Gasteiger partial charge in [-0.1, -0.05) is 17.7 Å². The number of nitrogens with zero attached hydrogens (tertiary/aromatic N) is 1. The Morgan fingerprint density at radius 3 is 3.11 bits per heavy atom. The number of likely N-dealkylation sites (tertiary alicyclic amines) is 1. The lowest BCUT2D eigenvalue weighted by Crippen LogP contribution is -2.43. The summed E-state index contributed by atoms with van der Waals surface area (Å²) in [4.78, 5) is 2.11. The molecule has 2 N–H and O–H groups in total. The van der Waals surface area contributed by atoms with Crippen molar-refractivity contribution in [3.8, 4) is 0 Å². The van der Waals surface area contributed by atoms with Crippen molar-refractivity contribution < 1.29 is 5.11 Å². The van der Waals surface area contributed by atoms with E-state index in [1.165, 1.54) is 0 Å². The fourth-order valence-corrected chi connectivity index (χ4v) is 2.64. The number of nitrogens with one attached hydrogen (secondary N) is 1. The first kappa shape index (κ1) is 13.6. The number of aliphatic hydroxyl groups is 1. The number of rotatable bonds is 2. The van der Waals surface area contributed by atoms with E-state index >= 15 is 0 Å². The zero-order valence-corrected chi connectivity index (χ0v) is 11.7. The van der Waals surface area contributed by atoms with Crippen molar-refractivity contribution in [2.75, 3.05) is 25.0 Å². The fourth-order valence-electron chi connectivity index (χ4n) is 2.17. The smallest absolute Gasteiger partial charge is 0.173 e. The van der Waals surface area contributed by atoms with Crippen molar-refractivity contribution in [1.82, 2.24) is 4.90 Å². The van der Waals surface area contributed by atoms with Gasteiger partial charge in [-0.15, -0.1) is 0 Å². The highest BCUT2D eigenvalue weighted by Gasteiger charge is 2.20. The van der Waals surface area contributed by atoms with Gasteiger partial charge in [0.2, 0.25) is 0 Å². The second kappa shape index (κ2) is 6.36. The van der Waals surface area contributed by atoms with Gasteiger partial charge in [-0.2, -0.15) is 0 Å². The standard InChI is InChI=1S/C13H17ClN2OS/c14-11-4-1-5-12(7-11)15-13(18)16-6-2-3-10(8-16)9-17/h1,4-5,7,10,17H,2-3,6,8-9H2,(H,15,18)/t10-/m0/s1. The molecule has 5 heteroatoms. The Labute approximate surface area is 118 Å². The quantitative estimate of drug-likeness (QED) is 0.819. The zero-order chi connectivity index (χ0) is 13.0. The Hall–Kier alpha value is -0.840. The van der Waals surface area contributed by atoms with Crippen molar-refractivity contribution in [3.05, 3.63) is 29.3 Å². The van der Waals surface area contributed by atoms with Crippen LogP contribution in [0.1, 0.15) is 12.8 Å². The lowest BCUT2D eigenvalue weighted by Gasteiger charge is -2.33. The van der Waals surface area contributed by atoms with Crippen LogP contribution >= 0.6 is 23.8 Å². The van der Waals surface area contributed by atoms with Crippen LogP contribution in [0.15, 0.2) is 24.3 Å². The molecule has 3 nitrogen and oxygen atoms in total. The van der Waals surface area contributed by atoms with Gasteiger partial charge in [-0.05, 0) is 49.2 Å². The molecule has 98 valence electrons. The van der Waals surface area contributed by atoms with Crippen LogP contribution in [0, 0.1) is 5.92 Å². The average Bonchev–Trinajstić information content (AvgIpc) is 2.39. The Morgan fingerprint density at radius 2 is 2.39 bits per heavy atom. The zero-order valence-electron chi connectivity index (χ0n) is 10.1. The first-order valence-corrected chi connectivity index (χ1v) is 6.90. The highest BCUT2D eigenvalue weighted by atomic mass is 35.5. The molecule has 1 saturated heterocycles. The van der Waals surface area contributed by atoms with Crippen LogP contribution in [-0.4, -0.2) is 34.8 Å². The van der Waals surface area contributed by atoms with E-state index in [0.29, 0.717) is 16.1 Å². The molecule has 1 heterocycles. The van der Waals surface area contributed by atoms with Gasteiger partial charge in [-0.3, -0.25) is 0 Å². The summed E-state index contributed by atoms with van der Waals surface area (Å²) in [5.74, 6) is 0.331. The number of hydrogen-bond donors (Lipinski definition) is 2. The predicted molar refractivity (Wildman–Crippen MR) is 79.1 cm³/mol. The molecule has 1 aliphatic heterocycles. The lowest BCUT2D eigenvalue weighted by atomic mass is 9.99. The third-order valence-electron chi connectivity index (χ3n) is 3.14. The molecule has 0 spiro atoms. The molecule has 0 aromatic heterocycles. The van der Waals surface area contributed by atoms with Gasteiger partial charge >= 0.3 is 0 Å². The molecule has 1 aromatic rings. The van der Waals surface area contributed by atoms with E-state index in [1.54, 1.807) is 0 Å². The Kier molecular flexibility index (Phi) is 4.80. The number of benzene rings is 1. The Bertz CT molecular complexity index is 427. The molecule has 0 bridgehead atoms. The van der Waals surface area contributed by atoms with E-state index in [0.717, 1.165) is 31.6 Å². The molecule has 0 aliphatic carbocycles. The van der Waals surface area contributed by atoms with Crippen LogP contribution in [0.3, 0.4) is 0 Å². The highest BCUT2D eigenvalue weighted by molar-refractivity contribution is 7.80. The van der Waals surface area contributed by atoms with Crippen LogP contribution in [0.5, 0.6) is 0 Å². The van der Waals surface area contributed by atoms with Gasteiger partial charge in [0.05, 0.1) is 0 Å². The van der Waals surface area contributed by atoms with Crippen LogP contribution in [0.2, 0.25) is 5.02 Å². The van der Waals surface area contributed by atoms with E-state index in [2.05, 4.69) is 10.2 Å². The van der Waals surface area contributed by atoms with Crippen LogP contribution in [0.25, 0.3) is 0 Å². The summed E-state index contributed by atoms with van der Waals surface area (Å²) in [6, 6.07) is 7.51. The number of thiocarbonyl (C=S) groups is 1. The van der Waals surface area contributed by atoms with Crippen LogP contribution in [-0.2, 0) is 0 Å². The normalized spacial score (nSPS) is 19.7. The summed E-state index contributed by atoms with van der Waals surface area (Å²) >= 11 is 11.3. The van der Waals surface area contributed by atoms with Crippen LogP contribution < -0.4 is 5.32 Å². The van der Waals surface area contributed by atoms with Crippen LogP contribution in [0.4, 0.5) is 5.69 Å². The molecule has 1 atom stereocenters. The summed E-state index contributed by atoms with van der Waals surface area (Å²) < 4.78 is 0. The molecular formula is C13H17ClN2OS. The summed E-state index contributed by atoms with van der Waals surface area (Å²) in [5.41, 5.74) is 0.902. The lowest BCUT2D eigenvalue weighted by molar-refractivity contribution is 0.162.